The number of hydrogen-bond donors (Lipinski definition) is 4. The Kier molecular flexibility index (Phi) is 16.9. The van der Waals surface area contributed by atoms with E-state index < -0.39 is 45.6 Å². The number of carboxylic acids is 1. The normalized spacial score (nSPS) is 22.9. The van der Waals surface area contributed by atoms with Crippen LogP contribution in [0, 0.1) is 17.3 Å². The molecule has 9 nitrogen and oxygen atoms in total. The van der Waals surface area contributed by atoms with Crippen molar-refractivity contribution in [2.45, 2.75) is 111 Å². The molecule has 222 valence electrons. The Morgan fingerprint density at radius 3 is 2.16 bits per heavy atom. The third-order valence-electron chi connectivity index (χ3n) is 6.52. The Morgan fingerprint density at radius 1 is 1.05 bits per heavy atom. The standard InChI is InChI=1S/C23H41NO6S.C5H10O2/c1-4-6-9-12-18(25)15-16-20-19(21(26)17-22(20)27)13-10-7-8-11-14-23(28)24(5-2)31(3,29)30;1-5(2,3)4(6)7/h7,10,15-16,18-22,25-27H,4-6,8-9,11-14,17H2,1-3H3;1-3H3,(H,6,7)/b10-7-,16-15+;/t18-,19+,20+,21-,22+;/m0./s1. The van der Waals surface area contributed by atoms with Gasteiger partial charge in [-0.1, -0.05) is 50.5 Å². The predicted octanol–water partition coefficient (Wildman–Crippen LogP) is 3.88. The highest BCUT2D eigenvalue weighted by Crippen LogP contribution is 2.36. The number of allylic oxidation sites excluding steroid dienone is 2. The number of unbranched alkanes of at least 4 members (excludes halogenated alkanes) is 3. The van der Waals surface area contributed by atoms with Gasteiger partial charge in [-0.05, 0) is 59.3 Å². The van der Waals surface area contributed by atoms with Gasteiger partial charge in [-0.3, -0.25) is 9.59 Å². The number of carbonyl (C=O) groups excluding carboxylic acids is 1. The number of sulfonamides is 1. The van der Waals surface area contributed by atoms with Gasteiger partial charge in [-0.15, -0.1) is 0 Å². The molecule has 0 saturated heterocycles. The van der Waals surface area contributed by atoms with Gasteiger partial charge >= 0.3 is 5.97 Å². The van der Waals surface area contributed by atoms with Crippen LogP contribution in [0.1, 0.15) is 92.4 Å². The second kappa shape index (κ2) is 17.8. The van der Waals surface area contributed by atoms with E-state index in [0.29, 0.717) is 32.1 Å². The molecule has 0 spiro atoms. The highest BCUT2D eigenvalue weighted by atomic mass is 32.2. The maximum atomic E-state index is 12.0. The van der Waals surface area contributed by atoms with Gasteiger partial charge < -0.3 is 20.4 Å². The molecular weight excluding hydrogens is 510 g/mol. The lowest BCUT2D eigenvalue weighted by molar-refractivity contribution is -0.145. The smallest absolute Gasteiger partial charge is 0.308 e. The first kappa shape index (κ1) is 36.2. The van der Waals surface area contributed by atoms with Crippen LogP contribution < -0.4 is 0 Å². The van der Waals surface area contributed by atoms with Crippen molar-refractivity contribution in [3.63, 3.8) is 0 Å². The lowest BCUT2D eigenvalue weighted by Crippen LogP contribution is -2.35. The van der Waals surface area contributed by atoms with Gasteiger partial charge in [0.1, 0.15) is 0 Å². The highest BCUT2D eigenvalue weighted by molar-refractivity contribution is 7.88. The van der Waals surface area contributed by atoms with Crippen LogP contribution in [0.15, 0.2) is 24.3 Å². The molecule has 0 radical (unpaired) electrons. The van der Waals surface area contributed by atoms with Gasteiger partial charge in [-0.2, -0.15) is 0 Å². The Labute approximate surface area is 229 Å². The Bertz CT molecular complexity index is 863. The lowest BCUT2D eigenvalue weighted by Gasteiger charge is -2.19. The fourth-order valence-electron chi connectivity index (χ4n) is 4.13. The van der Waals surface area contributed by atoms with E-state index >= 15 is 0 Å². The molecule has 1 fully saturated rings. The molecule has 1 aliphatic rings. The van der Waals surface area contributed by atoms with E-state index in [0.717, 1.165) is 29.8 Å². The topological polar surface area (TPSA) is 152 Å². The molecule has 0 unspecified atom stereocenters. The van der Waals surface area contributed by atoms with Crippen molar-refractivity contribution in [3.8, 4) is 0 Å². The average molecular weight is 562 g/mol. The maximum Gasteiger partial charge on any atom is 0.308 e. The van der Waals surface area contributed by atoms with E-state index in [-0.39, 0.29) is 24.8 Å². The fourth-order valence-corrected chi connectivity index (χ4v) is 5.06. The van der Waals surface area contributed by atoms with Crippen LogP contribution in [0.5, 0.6) is 0 Å². The molecule has 0 aliphatic heterocycles. The molecule has 1 rings (SSSR count). The van der Waals surface area contributed by atoms with Crippen LogP contribution in [0.3, 0.4) is 0 Å². The Hall–Kier alpha value is -1.75. The first-order valence-corrected chi connectivity index (χ1v) is 15.5. The molecule has 5 atom stereocenters. The summed E-state index contributed by atoms with van der Waals surface area (Å²) in [5.74, 6) is -1.47. The van der Waals surface area contributed by atoms with Gasteiger partial charge in [0.05, 0.1) is 30.0 Å². The van der Waals surface area contributed by atoms with E-state index in [1.165, 1.54) is 0 Å². The zero-order valence-corrected chi connectivity index (χ0v) is 24.9. The molecule has 0 heterocycles. The number of hydrogen-bond acceptors (Lipinski definition) is 7. The molecule has 1 saturated carbocycles. The number of carbonyl (C=O) groups is 2. The Balaban J connectivity index is 0.00000171. The van der Waals surface area contributed by atoms with Crippen molar-refractivity contribution >= 4 is 21.9 Å². The summed E-state index contributed by atoms with van der Waals surface area (Å²) < 4.78 is 24.0. The number of rotatable bonds is 14. The highest BCUT2D eigenvalue weighted by Gasteiger charge is 2.39. The molecular formula is C28H51NO8S. The van der Waals surface area contributed by atoms with Gasteiger partial charge in [0.25, 0.3) is 0 Å². The fraction of sp³-hybridized carbons (Fsp3) is 0.786. The third kappa shape index (κ3) is 14.4. The maximum absolute atomic E-state index is 12.0. The molecule has 0 bridgehead atoms. The van der Waals surface area contributed by atoms with Crippen LogP contribution in [0.2, 0.25) is 0 Å². The minimum Gasteiger partial charge on any atom is -0.481 e. The molecule has 38 heavy (non-hydrogen) atoms. The summed E-state index contributed by atoms with van der Waals surface area (Å²) in [6.07, 6.45) is 12.9. The molecule has 0 aromatic rings. The molecule has 0 aromatic heterocycles. The minimum atomic E-state index is -3.52. The number of nitrogens with zero attached hydrogens (tertiary/aromatic N) is 1. The van der Waals surface area contributed by atoms with Crippen LogP contribution in [0.25, 0.3) is 0 Å². The van der Waals surface area contributed by atoms with Gasteiger partial charge in [0.2, 0.25) is 15.9 Å². The zero-order chi connectivity index (χ0) is 29.5. The summed E-state index contributed by atoms with van der Waals surface area (Å²) in [4.78, 5) is 22.0. The molecule has 1 amide bonds. The molecule has 1 aliphatic carbocycles. The summed E-state index contributed by atoms with van der Waals surface area (Å²) in [5, 5.41) is 38.9. The average Bonchev–Trinajstić information content (AvgIpc) is 3.06. The SMILES string of the molecule is CC(C)(C)C(=O)O.CCCCC[C@H](O)/C=C/[C@@H]1[C@@H](C/C=C\CCCC(=O)N(CC)S(C)(=O)=O)[C@@H](O)C[C@H]1O. The number of aliphatic carboxylic acids is 1. The predicted molar refractivity (Wildman–Crippen MR) is 150 cm³/mol. The van der Waals surface area contributed by atoms with Crippen molar-refractivity contribution < 1.29 is 38.4 Å². The van der Waals surface area contributed by atoms with Gasteiger partial charge in [-0.25, -0.2) is 12.7 Å². The van der Waals surface area contributed by atoms with E-state index in [2.05, 4.69) is 6.92 Å². The van der Waals surface area contributed by atoms with Gasteiger partial charge in [0.15, 0.2) is 0 Å². The molecule has 0 aromatic carbocycles. The van der Waals surface area contributed by atoms with Crippen molar-refractivity contribution in [2.75, 3.05) is 12.8 Å². The molecule has 10 heteroatoms. The van der Waals surface area contributed by atoms with E-state index in [9.17, 15) is 33.3 Å². The summed E-state index contributed by atoms with van der Waals surface area (Å²) in [5.41, 5.74) is -0.583. The number of aliphatic hydroxyl groups is 3. The van der Waals surface area contributed by atoms with Crippen LogP contribution in [-0.4, -0.2) is 76.1 Å². The van der Waals surface area contributed by atoms with E-state index in [4.69, 9.17) is 5.11 Å². The third-order valence-corrected chi connectivity index (χ3v) is 7.78. The second-order valence-corrected chi connectivity index (χ2v) is 12.9. The summed E-state index contributed by atoms with van der Waals surface area (Å²) >= 11 is 0. The molecule has 4 N–H and O–H groups in total. The van der Waals surface area contributed by atoms with Crippen molar-refractivity contribution in [1.29, 1.82) is 0 Å². The van der Waals surface area contributed by atoms with E-state index in [1.807, 2.05) is 18.2 Å². The summed E-state index contributed by atoms with van der Waals surface area (Å²) in [6.45, 7) is 8.87. The lowest BCUT2D eigenvalue weighted by atomic mass is 9.89. The number of carboxylic acid groups (broad SMARTS) is 1. The van der Waals surface area contributed by atoms with Crippen molar-refractivity contribution in [1.82, 2.24) is 4.31 Å². The monoisotopic (exact) mass is 561 g/mol. The summed E-state index contributed by atoms with van der Waals surface area (Å²) in [7, 11) is -3.52. The summed E-state index contributed by atoms with van der Waals surface area (Å²) in [6, 6.07) is 0. The van der Waals surface area contributed by atoms with Crippen LogP contribution in [0.4, 0.5) is 0 Å². The second-order valence-electron chi connectivity index (χ2n) is 11.0. The largest absolute Gasteiger partial charge is 0.481 e. The number of aliphatic hydroxyl groups excluding tert-OH is 3. The van der Waals surface area contributed by atoms with Gasteiger partial charge in [0, 0.05) is 25.3 Å². The quantitative estimate of drug-likeness (QED) is 0.184. The van der Waals surface area contributed by atoms with Crippen molar-refractivity contribution in [3.05, 3.63) is 24.3 Å². The van der Waals surface area contributed by atoms with Crippen molar-refractivity contribution in [2.24, 2.45) is 17.3 Å². The minimum absolute atomic E-state index is 0.118. The van der Waals surface area contributed by atoms with Crippen LogP contribution in [-0.2, 0) is 19.6 Å². The zero-order valence-electron chi connectivity index (χ0n) is 24.0. The first-order valence-electron chi connectivity index (χ1n) is 13.7. The van der Waals surface area contributed by atoms with E-state index in [1.54, 1.807) is 33.8 Å². The van der Waals surface area contributed by atoms with Crippen LogP contribution >= 0.6 is 0 Å². The Morgan fingerprint density at radius 2 is 1.66 bits per heavy atom. The first-order chi connectivity index (χ1) is 17.6. The number of amides is 1.